The number of hydrogen-bond donors (Lipinski definition) is 2. The average molecular weight is 514 g/mol. The number of carbonyl (C=O) groups excluding carboxylic acids is 2. The van der Waals surface area contributed by atoms with Crippen LogP contribution in [0.15, 0.2) is 10.8 Å². The third-order valence-corrected chi connectivity index (χ3v) is 4.67. The van der Waals surface area contributed by atoms with Crippen molar-refractivity contribution in [1.29, 1.82) is 0 Å². The Hall–Kier alpha value is 0.840. The molecule has 0 aromatic heterocycles. The van der Waals surface area contributed by atoms with Crippen molar-refractivity contribution in [3.63, 3.8) is 0 Å². The van der Waals surface area contributed by atoms with E-state index in [0.717, 1.165) is 11.5 Å². The first-order chi connectivity index (χ1) is 8.70. The second-order valence-corrected chi connectivity index (χ2v) is 6.53. The summed E-state index contributed by atoms with van der Waals surface area (Å²) in [5.41, 5.74) is 0. The molecule has 0 saturated heterocycles. The number of carbonyl (C=O) groups is 2. The summed E-state index contributed by atoms with van der Waals surface area (Å²) in [6.45, 7) is 1.40. The van der Waals surface area contributed by atoms with E-state index in [1.54, 1.807) is 23.5 Å². The fourth-order valence-corrected chi connectivity index (χ4v) is 2.69. The standard InChI is InChI=1S/C10H16I2N2O2S2/c11-7-9(15)13-1-3-17-5-6-18-4-2-14-10(16)8-12/h5-6H,1-4,7-8H2,(H,13,15)(H,14,16). The highest BCUT2D eigenvalue weighted by Crippen LogP contribution is 2.07. The lowest BCUT2D eigenvalue weighted by Gasteiger charge is -2.01. The van der Waals surface area contributed by atoms with Gasteiger partial charge in [-0.05, 0) is 10.8 Å². The smallest absolute Gasteiger partial charge is 0.229 e. The number of nitrogens with one attached hydrogen (secondary N) is 2. The molecule has 104 valence electrons. The summed E-state index contributed by atoms with van der Waals surface area (Å²) in [4.78, 5) is 21.8. The van der Waals surface area contributed by atoms with E-state index in [-0.39, 0.29) is 11.8 Å². The number of amides is 2. The Kier molecular flexibility index (Phi) is 14.9. The topological polar surface area (TPSA) is 58.2 Å². The van der Waals surface area contributed by atoms with Crippen molar-refractivity contribution >= 4 is 80.5 Å². The maximum absolute atomic E-state index is 10.9. The van der Waals surface area contributed by atoms with Crippen LogP contribution in [0.1, 0.15) is 0 Å². The molecular weight excluding hydrogens is 498 g/mol. The van der Waals surface area contributed by atoms with Gasteiger partial charge in [0, 0.05) is 24.6 Å². The molecule has 0 radical (unpaired) electrons. The monoisotopic (exact) mass is 514 g/mol. The molecule has 0 spiro atoms. The molecule has 18 heavy (non-hydrogen) atoms. The molecule has 0 aromatic rings. The van der Waals surface area contributed by atoms with Crippen molar-refractivity contribution in [2.45, 2.75) is 0 Å². The van der Waals surface area contributed by atoms with Crippen LogP contribution in [-0.2, 0) is 9.59 Å². The molecule has 0 fully saturated rings. The van der Waals surface area contributed by atoms with Gasteiger partial charge in [0.1, 0.15) is 0 Å². The highest BCUT2D eigenvalue weighted by atomic mass is 127. The fraction of sp³-hybridized carbons (Fsp3) is 0.600. The molecule has 0 heterocycles. The molecule has 0 saturated carbocycles. The minimum absolute atomic E-state index is 0.0839. The number of thioether (sulfide) groups is 2. The van der Waals surface area contributed by atoms with Crippen molar-refractivity contribution in [2.24, 2.45) is 0 Å². The minimum atomic E-state index is 0.0839. The van der Waals surface area contributed by atoms with Gasteiger partial charge in [0.2, 0.25) is 11.8 Å². The van der Waals surface area contributed by atoms with Gasteiger partial charge in [0.15, 0.2) is 0 Å². The molecule has 0 bridgehead atoms. The molecule has 0 rings (SSSR count). The molecule has 0 aromatic carbocycles. The van der Waals surface area contributed by atoms with Crippen LogP contribution in [0.25, 0.3) is 0 Å². The first kappa shape index (κ1) is 18.8. The van der Waals surface area contributed by atoms with Crippen LogP contribution in [0.4, 0.5) is 0 Å². The van der Waals surface area contributed by atoms with Crippen molar-refractivity contribution in [1.82, 2.24) is 10.6 Å². The summed E-state index contributed by atoms with van der Waals surface area (Å²) in [6, 6.07) is 0. The van der Waals surface area contributed by atoms with Gasteiger partial charge in [-0.15, -0.1) is 23.5 Å². The zero-order valence-corrected chi connectivity index (χ0v) is 15.7. The van der Waals surface area contributed by atoms with E-state index >= 15 is 0 Å². The van der Waals surface area contributed by atoms with E-state index in [1.165, 1.54) is 0 Å². The maximum atomic E-state index is 10.9. The van der Waals surface area contributed by atoms with E-state index in [2.05, 4.69) is 10.6 Å². The number of rotatable bonds is 10. The Labute approximate surface area is 144 Å². The normalized spacial score (nSPS) is 10.6. The SMILES string of the molecule is O=C(CI)NCCSC=CSCCNC(=O)CI. The Balaban J connectivity index is 3.23. The molecule has 0 aliphatic carbocycles. The molecule has 0 atom stereocenters. The summed E-state index contributed by atoms with van der Waals surface area (Å²) < 4.78 is 1.02. The highest BCUT2D eigenvalue weighted by Gasteiger charge is 1.95. The van der Waals surface area contributed by atoms with E-state index in [1.807, 2.05) is 56.0 Å². The average Bonchev–Trinajstić information content (AvgIpc) is 2.40. The molecule has 0 aliphatic rings. The van der Waals surface area contributed by atoms with Crippen LogP contribution in [0.3, 0.4) is 0 Å². The van der Waals surface area contributed by atoms with Gasteiger partial charge in [-0.2, -0.15) is 0 Å². The molecular formula is C10H16I2N2O2S2. The summed E-state index contributed by atoms with van der Waals surface area (Å²) >= 11 is 7.42. The third-order valence-electron chi connectivity index (χ3n) is 1.57. The summed E-state index contributed by atoms with van der Waals surface area (Å²) in [5, 5.41) is 9.64. The molecule has 0 unspecified atom stereocenters. The minimum Gasteiger partial charge on any atom is -0.355 e. The molecule has 4 nitrogen and oxygen atoms in total. The number of hydrogen-bond acceptors (Lipinski definition) is 4. The Bertz CT molecular complexity index is 253. The van der Waals surface area contributed by atoms with Crippen molar-refractivity contribution < 1.29 is 9.59 Å². The van der Waals surface area contributed by atoms with Crippen LogP contribution in [0.5, 0.6) is 0 Å². The van der Waals surface area contributed by atoms with Crippen LogP contribution >= 0.6 is 68.7 Å². The third kappa shape index (κ3) is 13.3. The van der Waals surface area contributed by atoms with Crippen LogP contribution in [0, 0.1) is 0 Å². The number of halogens is 2. The molecule has 8 heteroatoms. The Morgan fingerprint density at radius 2 is 1.28 bits per heavy atom. The fourth-order valence-electron chi connectivity index (χ4n) is 0.808. The van der Waals surface area contributed by atoms with Crippen molar-refractivity contribution in [3.05, 3.63) is 10.8 Å². The van der Waals surface area contributed by atoms with Gasteiger partial charge >= 0.3 is 0 Å². The number of alkyl halides is 2. The summed E-state index contributed by atoms with van der Waals surface area (Å²) in [5.74, 6) is 1.93. The lowest BCUT2D eigenvalue weighted by Crippen LogP contribution is -2.26. The summed E-state index contributed by atoms with van der Waals surface area (Å²) in [6.07, 6.45) is 0. The first-order valence-corrected chi connectivity index (χ1v) is 10.4. The van der Waals surface area contributed by atoms with Crippen LogP contribution < -0.4 is 10.6 Å². The van der Waals surface area contributed by atoms with Gasteiger partial charge in [-0.1, -0.05) is 45.2 Å². The lowest BCUT2D eigenvalue weighted by molar-refractivity contribution is -0.119. The molecule has 2 amide bonds. The van der Waals surface area contributed by atoms with Gasteiger partial charge in [-0.25, -0.2) is 0 Å². The van der Waals surface area contributed by atoms with E-state index in [0.29, 0.717) is 21.9 Å². The summed E-state index contributed by atoms with van der Waals surface area (Å²) in [7, 11) is 0. The molecule has 2 N–H and O–H groups in total. The lowest BCUT2D eigenvalue weighted by atomic mass is 10.6. The van der Waals surface area contributed by atoms with E-state index in [9.17, 15) is 9.59 Å². The van der Waals surface area contributed by atoms with Gasteiger partial charge in [0.05, 0.1) is 8.86 Å². The quantitative estimate of drug-likeness (QED) is 0.266. The first-order valence-electron chi connectivity index (χ1n) is 5.24. The highest BCUT2D eigenvalue weighted by molar-refractivity contribution is 14.1. The van der Waals surface area contributed by atoms with Gasteiger partial charge < -0.3 is 10.6 Å². The predicted octanol–water partition coefficient (Wildman–Crippen LogP) is 2.03. The van der Waals surface area contributed by atoms with E-state index in [4.69, 9.17) is 0 Å². The largest absolute Gasteiger partial charge is 0.355 e. The van der Waals surface area contributed by atoms with Gasteiger partial charge in [0.25, 0.3) is 0 Å². The maximum Gasteiger partial charge on any atom is 0.229 e. The van der Waals surface area contributed by atoms with Crippen molar-refractivity contribution in [2.75, 3.05) is 33.5 Å². The predicted molar refractivity (Wildman–Crippen MR) is 97.8 cm³/mol. The second kappa shape index (κ2) is 14.3. The van der Waals surface area contributed by atoms with Gasteiger partial charge in [-0.3, -0.25) is 9.59 Å². The van der Waals surface area contributed by atoms with Crippen LogP contribution in [-0.4, -0.2) is 45.3 Å². The molecule has 0 aliphatic heterocycles. The van der Waals surface area contributed by atoms with E-state index < -0.39 is 0 Å². The second-order valence-electron chi connectivity index (χ2n) is 2.98. The zero-order chi connectivity index (χ0) is 13.6. The zero-order valence-electron chi connectivity index (χ0n) is 9.79. The van der Waals surface area contributed by atoms with Crippen LogP contribution in [0.2, 0.25) is 0 Å². The Morgan fingerprint density at radius 3 is 1.61 bits per heavy atom. The Morgan fingerprint density at radius 1 is 0.889 bits per heavy atom. The van der Waals surface area contributed by atoms with Crippen molar-refractivity contribution in [3.8, 4) is 0 Å².